The molecule has 1 aromatic rings. The number of nitrogens with zero attached hydrogens (tertiary/aromatic N) is 1. The maximum Gasteiger partial charge on any atom is 0.417 e. The van der Waals surface area contributed by atoms with Crippen molar-refractivity contribution < 1.29 is 23.1 Å². The molecule has 3 N–H and O–H groups in total. The van der Waals surface area contributed by atoms with Gasteiger partial charge in [-0.05, 0) is 30.0 Å². The van der Waals surface area contributed by atoms with E-state index in [2.05, 4.69) is 0 Å². The van der Waals surface area contributed by atoms with Crippen molar-refractivity contribution in [3.63, 3.8) is 0 Å². The number of anilines is 1. The summed E-state index contributed by atoms with van der Waals surface area (Å²) in [6.45, 7) is 4.00. The molecule has 1 aliphatic heterocycles. The third-order valence-electron chi connectivity index (χ3n) is 4.05. The Morgan fingerprint density at radius 1 is 1.27 bits per heavy atom. The van der Waals surface area contributed by atoms with Crippen LogP contribution < -0.4 is 5.73 Å². The third kappa shape index (κ3) is 3.19. The monoisotopic (exact) mass is 316 g/mol. The Morgan fingerprint density at radius 3 is 2.32 bits per heavy atom. The Kier molecular flexibility index (Phi) is 4.37. The topological polar surface area (TPSA) is 66.6 Å². The van der Waals surface area contributed by atoms with Crippen molar-refractivity contribution in [1.29, 1.82) is 0 Å². The van der Waals surface area contributed by atoms with Crippen molar-refractivity contribution in [2.24, 2.45) is 11.8 Å². The Bertz CT molecular complexity index is 562. The maximum absolute atomic E-state index is 13.1. The van der Waals surface area contributed by atoms with Crippen molar-refractivity contribution in [2.75, 3.05) is 18.8 Å². The molecule has 2 unspecified atom stereocenters. The number of rotatable bonds is 1. The standard InChI is InChI=1S/C15H19F3N2O2/c1-8-6-20(7-9(2)13(8)21)14(22)11-4-3-10(19)5-12(11)15(16,17)18/h3-5,8-9,13,21H,6-7,19H2,1-2H3. The zero-order valence-corrected chi connectivity index (χ0v) is 12.4. The molecule has 4 nitrogen and oxygen atoms in total. The average Bonchev–Trinajstić information content (AvgIpc) is 2.42. The molecule has 0 aromatic heterocycles. The van der Waals surface area contributed by atoms with Gasteiger partial charge < -0.3 is 15.7 Å². The van der Waals surface area contributed by atoms with Crippen LogP contribution in [-0.4, -0.2) is 35.1 Å². The quantitative estimate of drug-likeness (QED) is 0.782. The Balaban J connectivity index is 2.34. The minimum absolute atomic E-state index is 0.0420. The third-order valence-corrected chi connectivity index (χ3v) is 4.05. The van der Waals surface area contributed by atoms with Crippen LogP contribution >= 0.6 is 0 Å². The summed E-state index contributed by atoms with van der Waals surface area (Å²) in [4.78, 5) is 13.8. The lowest BCUT2D eigenvalue weighted by molar-refractivity contribution is -0.138. The molecule has 7 heteroatoms. The van der Waals surface area contributed by atoms with E-state index in [4.69, 9.17) is 5.73 Å². The van der Waals surface area contributed by atoms with E-state index >= 15 is 0 Å². The molecule has 2 rings (SSSR count). The smallest absolute Gasteiger partial charge is 0.399 e. The highest BCUT2D eigenvalue weighted by atomic mass is 19.4. The number of nitrogen functional groups attached to an aromatic ring is 1. The summed E-state index contributed by atoms with van der Waals surface area (Å²) in [6, 6.07) is 3.17. The Hall–Kier alpha value is -1.76. The van der Waals surface area contributed by atoms with Crippen LogP contribution in [0, 0.1) is 11.8 Å². The number of hydrogen-bond donors (Lipinski definition) is 2. The van der Waals surface area contributed by atoms with Crippen molar-refractivity contribution in [1.82, 2.24) is 4.90 Å². The second kappa shape index (κ2) is 5.79. The van der Waals surface area contributed by atoms with E-state index in [0.29, 0.717) is 0 Å². The van der Waals surface area contributed by atoms with Crippen LogP contribution in [-0.2, 0) is 6.18 Å². The normalized spacial score (nSPS) is 26.1. The number of aliphatic hydroxyl groups is 1. The zero-order valence-electron chi connectivity index (χ0n) is 12.4. The molecule has 1 aliphatic rings. The molecule has 0 spiro atoms. The average molecular weight is 316 g/mol. The fourth-order valence-electron chi connectivity index (χ4n) is 2.87. The summed E-state index contributed by atoms with van der Waals surface area (Å²) in [6.07, 6.45) is -5.20. The summed E-state index contributed by atoms with van der Waals surface area (Å²) in [7, 11) is 0. The van der Waals surface area contributed by atoms with E-state index in [1.807, 2.05) is 0 Å². The van der Waals surface area contributed by atoms with Gasteiger partial charge in [-0.1, -0.05) is 13.8 Å². The summed E-state index contributed by atoms with van der Waals surface area (Å²) in [5, 5.41) is 9.90. The van der Waals surface area contributed by atoms with Gasteiger partial charge in [-0.3, -0.25) is 4.79 Å². The van der Waals surface area contributed by atoms with Gasteiger partial charge in [0.25, 0.3) is 5.91 Å². The molecule has 1 heterocycles. The van der Waals surface area contributed by atoms with Gasteiger partial charge in [0.1, 0.15) is 0 Å². The van der Waals surface area contributed by atoms with Gasteiger partial charge in [0, 0.05) is 18.8 Å². The molecule has 1 fully saturated rings. The van der Waals surface area contributed by atoms with E-state index in [1.54, 1.807) is 13.8 Å². The fraction of sp³-hybridized carbons (Fsp3) is 0.533. The van der Waals surface area contributed by atoms with Crippen LogP contribution in [0.4, 0.5) is 18.9 Å². The lowest BCUT2D eigenvalue weighted by atomic mass is 9.88. The van der Waals surface area contributed by atoms with E-state index in [9.17, 15) is 23.1 Å². The predicted octanol–water partition coefficient (Wildman–Crippen LogP) is 2.38. The summed E-state index contributed by atoms with van der Waals surface area (Å²) in [5.74, 6) is -1.05. The van der Waals surface area contributed by atoms with Gasteiger partial charge >= 0.3 is 6.18 Å². The molecule has 0 bridgehead atoms. The molecular formula is C15H19F3N2O2. The first-order chi connectivity index (χ1) is 10.1. The molecule has 1 amide bonds. The van der Waals surface area contributed by atoms with E-state index in [-0.39, 0.29) is 30.6 Å². The predicted molar refractivity (Wildman–Crippen MR) is 76.1 cm³/mol. The van der Waals surface area contributed by atoms with Gasteiger partial charge in [0.05, 0.1) is 17.2 Å². The van der Waals surface area contributed by atoms with Crippen LogP contribution in [0.2, 0.25) is 0 Å². The van der Waals surface area contributed by atoms with Gasteiger partial charge in [-0.15, -0.1) is 0 Å². The van der Waals surface area contributed by atoms with Gasteiger partial charge in [0.15, 0.2) is 0 Å². The highest BCUT2D eigenvalue weighted by Gasteiger charge is 2.38. The minimum Gasteiger partial charge on any atom is -0.399 e. The SMILES string of the molecule is CC1CN(C(=O)c2ccc(N)cc2C(F)(F)F)CC(C)C1O. The molecule has 22 heavy (non-hydrogen) atoms. The van der Waals surface area contributed by atoms with Crippen LogP contribution in [0.1, 0.15) is 29.8 Å². The van der Waals surface area contributed by atoms with Crippen molar-refractivity contribution in [3.8, 4) is 0 Å². The molecule has 0 saturated carbocycles. The first-order valence-electron chi connectivity index (χ1n) is 7.05. The summed E-state index contributed by atoms with van der Waals surface area (Å²) >= 11 is 0. The van der Waals surface area contributed by atoms with E-state index in [1.165, 1.54) is 11.0 Å². The lowest BCUT2D eigenvalue weighted by Gasteiger charge is -2.39. The molecular weight excluding hydrogens is 297 g/mol. The molecule has 1 aromatic carbocycles. The zero-order chi connectivity index (χ0) is 16.7. The number of piperidine rings is 1. The highest BCUT2D eigenvalue weighted by Crippen LogP contribution is 2.34. The molecule has 0 aliphatic carbocycles. The Labute approximate surface area is 126 Å². The van der Waals surface area contributed by atoms with Crippen LogP contribution in [0.15, 0.2) is 18.2 Å². The second-order valence-corrected chi connectivity index (χ2v) is 5.96. The largest absolute Gasteiger partial charge is 0.417 e. The van der Waals surface area contributed by atoms with Gasteiger partial charge in [0.2, 0.25) is 0 Å². The molecule has 1 saturated heterocycles. The number of hydrogen-bond acceptors (Lipinski definition) is 3. The van der Waals surface area contributed by atoms with Gasteiger partial charge in [-0.2, -0.15) is 13.2 Å². The van der Waals surface area contributed by atoms with E-state index in [0.717, 1.165) is 12.1 Å². The number of likely N-dealkylation sites (tertiary alicyclic amines) is 1. The number of amides is 1. The number of nitrogens with two attached hydrogens (primary N) is 1. The Morgan fingerprint density at radius 2 is 1.82 bits per heavy atom. The van der Waals surface area contributed by atoms with Crippen LogP contribution in [0.5, 0.6) is 0 Å². The van der Waals surface area contributed by atoms with Crippen molar-refractivity contribution >= 4 is 11.6 Å². The molecule has 122 valence electrons. The van der Waals surface area contributed by atoms with E-state index < -0.39 is 29.3 Å². The molecule has 2 atom stereocenters. The number of carbonyl (C=O) groups is 1. The van der Waals surface area contributed by atoms with Gasteiger partial charge in [-0.25, -0.2) is 0 Å². The fourth-order valence-corrected chi connectivity index (χ4v) is 2.87. The van der Waals surface area contributed by atoms with Crippen LogP contribution in [0.3, 0.4) is 0 Å². The summed E-state index contributed by atoms with van der Waals surface area (Å²) in [5.41, 5.74) is 3.94. The first-order valence-corrected chi connectivity index (χ1v) is 7.05. The second-order valence-electron chi connectivity index (χ2n) is 5.96. The van der Waals surface area contributed by atoms with Crippen molar-refractivity contribution in [2.45, 2.75) is 26.1 Å². The number of carbonyl (C=O) groups excluding carboxylic acids is 1. The number of alkyl halides is 3. The number of halogens is 3. The summed E-state index contributed by atoms with van der Waals surface area (Å²) < 4.78 is 39.3. The first kappa shape index (κ1) is 16.6. The van der Waals surface area contributed by atoms with Crippen LogP contribution in [0.25, 0.3) is 0 Å². The minimum atomic E-state index is -4.65. The molecule has 0 radical (unpaired) electrons. The number of benzene rings is 1. The van der Waals surface area contributed by atoms with Crippen molar-refractivity contribution in [3.05, 3.63) is 29.3 Å². The highest BCUT2D eigenvalue weighted by molar-refractivity contribution is 5.96. The lowest BCUT2D eigenvalue weighted by Crippen LogP contribution is -2.49. The maximum atomic E-state index is 13.1. The number of aliphatic hydroxyl groups excluding tert-OH is 1.